The zero-order chi connectivity index (χ0) is 12.3. The minimum absolute atomic E-state index is 0.197. The number of hydrogen-bond acceptors (Lipinski definition) is 4. The fourth-order valence-corrected chi connectivity index (χ4v) is 2.99. The lowest BCUT2D eigenvalue weighted by Crippen LogP contribution is -2.51. The van der Waals surface area contributed by atoms with Crippen LogP contribution in [0.2, 0.25) is 0 Å². The molecule has 0 aromatic carbocycles. The first-order valence-corrected chi connectivity index (χ1v) is 7.60. The lowest BCUT2D eigenvalue weighted by Gasteiger charge is -2.37. The number of hydrogen-bond donors (Lipinski definition) is 1. The van der Waals surface area contributed by atoms with Gasteiger partial charge in [0.05, 0.1) is 6.26 Å². The van der Waals surface area contributed by atoms with Gasteiger partial charge < -0.3 is 5.73 Å². The first-order chi connectivity index (χ1) is 7.30. The van der Waals surface area contributed by atoms with Crippen molar-refractivity contribution < 1.29 is 8.42 Å². The van der Waals surface area contributed by atoms with Crippen molar-refractivity contribution >= 4 is 10.0 Å². The van der Waals surface area contributed by atoms with E-state index in [1.54, 1.807) is 4.31 Å². The number of rotatable bonds is 4. The Morgan fingerprint density at radius 1 is 1.19 bits per heavy atom. The predicted octanol–water partition coefficient (Wildman–Crippen LogP) is -0.311. The second-order valence-corrected chi connectivity index (χ2v) is 6.74. The molecular weight excluding hydrogens is 226 g/mol. The summed E-state index contributed by atoms with van der Waals surface area (Å²) in [6, 6.07) is 0.629. The van der Waals surface area contributed by atoms with Crippen LogP contribution in [0.3, 0.4) is 0 Å². The van der Waals surface area contributed by atoms with Crippen molar-refractivity contribution in [3.63, 3.8) is 0 Å². The van der Waals surface area contributed by atoms with Crippen molar-refractivity contribution in [2.75, 3.05) is 32.4 Å². The Morgan fingerprint density at radius 3 is 2.06 bits per heavy atom. The van der Waals surface area contributed by atoms with Crippen molar-refractivity contribution in [2.24, 2.45) is 5.73 Å². The molecule has 0 bridgehead atoms. The second kappa shape index (κ2) is 5.44. The summed E-state index contributed by atoms with van der Waals surface area (Å²) in [5.74, 6) is 0. The minimum atomic E-state index is -3.02. The molecule has 1 heterocycles. The lowest BCUT2D eigenvalue weighted by atomic mass is 10.1. The summed E-state index contributed by atoms with van der Waals surface area (Å²) >= 11 is 0. The largest absolute Gasteiger partial charge is 0.328 e. The summed E-state index contributed by atoms with van der Waals surface area (Å²) in [5, 5.41) is 0. The van der Waals surface area contributed by atoms with Gasteiger partial charge in [0.1, 0.15) is 0 Å². The van der Waals surface area contributed by atoms with Crippen molar-refractivity contribution in [3.05, 3.63) is 0 Å². The number of sulfonamides is 1. The fraction of sp³-hybridized carbons (Fsp3) is 1.00. The summed E-state index contributed by atoms with van der Waals surface area (Å²) in [4.78, 5) is 2.31. The molecule has 0 radical (unpaired) electrons. The molecule has 5 nitrogen and oxygen atoms in total. The Kier molecular flexibility index (Phi) is 4.73. The van der Waals surface area contributed by atoms with Crippen LogP contribution in [0, 0.1) is 0 Å². The third-order valence-corrected chi connectivity index (χ3v) is 4.38. The van der Waals surface area contributed by atoms with E-state index in [4.69, 9.17) is 5.73 Å². The van der Waals surface area contributed by atoms with E-state index in [1.807, 2.05) is 6.92 Å². The molecule has 2 unspecified atom stereocenters. The van der Waals surface area contributed by atoms with E-state index in [1.165, 1.54) is 6.26 Å². The van der Waals surface area contributed by atoms with E-state index in [-0.39, 0.29) is 6.04 Å². The normalized spacial score (nSPS) is 24.2. The van der Waals surface area contributed by atoms with E-state index in [0.717, 1.165) is 19.5 Å². The van der Waals surface area contributed by atoms with E-state index >= 15 is 0 Å². The first-order valence-electron chi connectivity index (χ1n) is 5.75. The zero-order valence-corrected chi connectivity index (χ0v) is 11.2. The predicted molar refractivity (Wildman–Crippen MR) is 65.7 cm³/mol. The Labute approximate surface area is 98.6 Å². The number of nitrogens with two attached hydrogens (primary N) is 1. The molecule has 0 aromatic rings. The zero-order valence-electron chi connectivity index (χ0n) is 10.4. The Morgan fingerprint density at radius 2 is 1.69 bits per heavy atom. The minimum Gasteiger partial charge on any atom is -0.328 e. The van der Waals surface area contributed by atoms with Crippen LogP contribution in [0.5, 0.6) is 0 Å². The molecule has 1 fully saturated rings. The maximum Gasteiger partial charge on any atom is 0.211 e. The second-order valence-electron chi connectivity index (χ2n) is 4.76. The maximum absolute atomic E-state index is 11.3. The highest BCUT2D eigenvalue weighted by Gasteiger charge is 2.25. The monoisotopic (exact) mass is 249 g/mol. The van der Waals surface area contributed by atoms with Gasteiger partial charge in [-0.1, -0.05) is 0 Å². The number of piperazine rings is 1. The van der Waals surface area contributed by atoms with Crippen LogP contribution in [0.1, 0.15) is 20.3 Å². The van der Waals surface area contributed by atoms with Crippen molar-refractivity contribution in [1.82, 2.24) is 9.21 Å². The van der Waals surface area contributed by atoms with Crippen molar-refractivity contribution in [3.8, 4) is 0 Å². The molecule has 6 heteroatoms. The van der Waals surface area contributed by atoms with E-state index in [9.17, 15) is 8.42 Å². The fourth-order valence-electron chi connectivity index (χ4n) is 2.16. The molecule has 0 saturated carbocycles. The van der Waals surface area contributed by atoms with E-state index in [2.05, 4.69) is 11.8 Å². The third-order valence-electron chi connectivity index (χ3n) is 3.08. The molecule has 16 heavy (non-hydrogen) atoms. The summed E-state index contributed by atoms with van der Waals surface area (Å²) in [5.41, 5.74) is 5.76. The molecule has 0 amide bonds. The molecular formula is C10H23N3O2S. The SMILES string of the molecule is CC(N)CC(C)N1CCN(S(C)(=O)=O)CC1. The summed E-state index contributed by atoms with van der Waals surface area (Å²) in [7, 11) is -3.02. The maximum atomic E-state index is 11.3. The Hall–Kier alpha value is -0.170. The van der Waals surface area contributed by atoms with Gasteiger partial charge >= 0.3 is 0 Å². The van der Waals surface area contributed by atoms with Crippen LogP contribution in [-0.4, -0.2) is 62.1 Å². The molecule has 1 aliphatic rings. The van der Waals surface area contributed by atoms with Gasteiger partial charge in [0.25, 0.3) is 0 Å². The third kappa shape index (κ3) is 4.01. The molecule has 2 N–H and O–H groups in total. The van der Waals surface area contributed by atoms with Gasteiger partial charge in [0.2, 0.25) is 10.0 Å². The molecule has 1 rings (SSSR count). The van der Waals surface area contributed by atoms with Crippen molar-refractivity contribution in [2.45, 2.75) is 32.4 Å². The Bertz CT molecular complexity index is 308. The lowest BCUT2D eigenvalue weighted by molar-refractivity contribution is 0.137. The molecule has 0 aromatic heterocycles. The van der Waals surface area contributed by atoms with Gasteiger partial charge in [-0.15, -0.1) is 0 Å². The summed E-state index contributed by atoms with van der Waals surface area (Å²) in [6.45, 7) is 6.97. The molecule has 96 valence electrons. The van der Waals surface area contributed by atoms with Gasteiger partial charge in [-0.3, -0.25) is 4.90 Å². The highest BCUT2D eigenvalue weighted by Crippen LogP contribution is 2.11. The van der Waals surface area contributed by atoms with Gasteiger partial charge in [0.15, 0.2) is 0 Å². The summed E-state index contributed by atoms with van der Waals surface area (Å²) in [6.07, 6.45) is 2.23. The summed E-state index contributed by atoms with van der Waals surface area (Å²) < 4.78 is 24.2. The first kappa shape index (κ1) is 13.9. The van der Waals surface area contributed by atoms with Crippen LogP contribution in [-0.2, 0) is 10.0 Å². The topological polar surface area (TPSA) is 66.6 Å². The van der Waals surface area contributed by atoms with Crippen LogP contribution in [0.15, 0.2) is 0 Å². The van der Waals surface area contributed by atoms with Gasteiger partial charge in [-0.2, -0.15) is 4.31 Å². The van der Waals surface area contributed by atoms with Crippen LogP contribution < -0.4 is 5.73 Å². The molecule has 0 aliphatic carbocycles. The highest BCUT2D eigenvalue weighted by molar-refractivity contribution is 7.88. The standard InChI is InChI=1S/C10H23N3O2S/c1-9(11)8-10(2)12-4-6-13(7-5-12)16(3,14)15/h9-10H,4-8,11H2,1-3H3. The molecule has 1 aliphatic heterocycles. The van der Waals surface area contributed by atoms with Crippen LogP contribution in [0.25, 0.3) is 0 Å². The van der Waals surface area contributed by atoms with Crippen molar-refractivity contribution in [1.29, 1.82) is 0 Å². The number of nitrogens with zero attached hydrogens (tertiary/aromatic N) is 2. The van der Waals surface area contributed by atoms with Gasteiger partial charge in [-0.05, 0) is 20.3 Å². The average molecular weight is 249 g/mol. The van der Waals surface area contributed by atoms with Gasteiger partial charge in [0, 0.05) is 38.3 Å². The smallest absolute Gasteiger partial charge is 0.211 e. The quantitative estimate of drug-likeness (QED) is 0.742. The highest BCUT2D eigenvalue weighted by atomic mass is 32.2. The average Bonchev–Trinajstić information content (AvgIpc) is 2.15. The van der Waals surface area contributed by atoms with Gasteiger partial charge in [-0.25, -0.2) is 8.42 Å². The Balaban J connectivity index is 2.43. The molecule has 2 atom stereocenters. The van der Waals surface area contributed by atoms with Crippen LogP contribution in [0.4, 0.5) is 0 Å². The molecule has 0 spiro atoms. The molecule has 1 saturated heterocycles. The van der Waals surface area contributed by atoms with E-state index < -0.39 is 10.0 Å². The van der Waals surface area contributed by atoms with Crippen LogP contribution >= 0.6 is 0 Å². The van der Waals surface area contributed by atoms with E-state index in [0.29, 0.717) is 19.1 Å².